The molecular weight excluding hydrogens is 222 g/mol. The summed E-state index contributed by atoms with van der Waals surface area (Å²) in [7, 11) is 0. The Morgan fingerprint density at radius 1 is 1.50 bits per heavy atom. The monoisotopic (exact) mass is 239 g/mol. The number of hydrogen-bond donors (Lipinski definition) is 2. The second kappa shape index (κ2) is 5.25. The fourth-order valence-corrected chi connectivity index (χ4v) is 1.28. The zero-order valence-electron chi connectivity index (χ0n) is 9.78. The Balaban J connectivity index is 2.80. The summed E-state index contributed by atoms with van der Waals surface area (Å²) >= 11 is 3.70. The van der Waals surface area contributed by atoms with Crippen molar-refractivity contribution in [2.24, 2.45) is 0 Å². The molecule has 0 aliphatic rings. The van der Waals surface area contributed by atoms with Gasteiger partial charge < -0.3 is 9.50 Å². The Morgan fingerprint density at radius 2 is 2.19 bits per heavy atom. The van der Waals surface area contributed by atoms with Crippen LogP contribution in [0.3, 0.4) is 0 Å². The molecular formula is C12H17NO2S. The van der Waals surface area contributed by atoms with Crippen molar-refractivity contribution in [2.75, 3.05) is 0 Å². The van der Waals surface area contributed by atoms with Gasteiger partial charge in [0.05, 0.1) is 0 Å². The van der Waals surface area contributed by atoms with Gasteiger partial charge in [0.25, 0.3) is 5.91 Å². The highest BCUT2D eigenvalue weighted by Crippen LogP contribution is 2.15. The van der Waals surface area contributed by atoms with Crippen LogP contribution in [0, 0.1) is 0 Å². The lowest BCUT2D eigenvalue weighted by molar-refractivity contribution is 0.0911. The fourth-order valence-electron chi connectivity index (χ4n) is 1.16. The molecule has 1 amide bonds. The predicted molar refractivity (Wildman–Crippen MR) is 67.9 cm³/mol. The highest BCUT2D eigenvalue weighted by molar-refractivity contribution is 7.75. The van der Waals surface area contributed by atoms with E-state index >= 15 is 0 Å². The molecule has 88 valence electrons. The van der Waals surface area contributed by atoms with Gasteiger partial charge in [0, 0.05) is 24.0 Å². The molecule has 0 saturated carbocycles. The summed E-state index contributed by atoms with van der Waals surface area (Å²) in [6, 6.07) is 6.92. The summed E-state index contributed by atoms with van der Waals surface area (Å²) in [6.07, 6.45) is 0.876. The van der Waals surface area contributed by atoms with Gasteiger partial charge in [-0.05, 0) is 38.5 Å². The molecule has 0 radical (unpaired) electrons. The number of rotatable bonds is 4. The van der Waals surface area contributed by atoms with Crippen molar-refractivity contribution in [2.45, 2.75) is 32.7 Å². The van der Waals surface area contributed by atoms with Gasteiger partial charge in [0.15, 0.2) is 0 Å². The van der Waals surface area contributed by atoms with E-state index in [2.05, 4.69) is 18.2 Å². The minimum absolute atomic E-state index is 0.0981. The predicted octanol–water partition coefficient (Wildman–Crippen LogP) is 2.83. The minimum atomic E-state index is -0.199. The summed E-state index contributed by atoms with van der Waals surface area (Å²) in [6.45, 7) is 6.02. The van der Waals surface area contributed by atoms with E-state index in [1.165, 1.54) is 0 Å². The van der Waals surface area contributed by atoms with Gasteiger partial charge in [-0.15, -0.1) is 0 Å². The number of carbonyl (C=O) groups excluding carboxylic acids is 1. The van der Waals surface area contributed by atoms with Crippen LogP contribution in [0.2, 0.25) is 0 Å². The van der Waals surface area contributed by atoms with Crippen LogP contribution in [0.1, 0.15) is 37.6 Å². The summed E-state index contributed by atoms with van der Waals surface area (Å²) in [5.41, 5.74) is 0.377. The molecule has 16 heavy (non-hydrogen) atoms. The van der Waals surface area contributed by atoms with Gasteiger partial charge in [-0.2, -0.15) is 0 Å². The van der Waals surface area contributed by atoms with Crippen molar-refractivity contribution < 1.29 is 8.98 Å². The largest absolute Gasteiger partial charge is 0.429 e. The molecule has 0 unspecified atom stereocenters. The lowest BCUT2D eigenvalue weighted by atomic mass is 10.0. The van der Waals surface area contributed by atoms with E-state index in [1.807, 2.05) is 20.8 Å². The maximum atomic E-state index is 11.9. The summed E-state index contributed by atoms with van der Waals surface area (Å²) in [5.74, 6) is 0.462. The highest BCUT2D eigenvalue weighted by Gasteiger charge is 2.18. The van der Waals surface area contributed by atoms with Gasteiger partial charge in [-0.3, -0.25) is 4.79 Å². The molecule has 1 rings (SSSR count). The first-order valence-corrected chi connectivity index (χ1v) is 5.59. The molecule has 1 aromatic carbocycles. The van der Waals surface area contributed by atoms with Crippen molar-refractivity contribution in [3.63, 3.8) is 0 Å². The van der Waals surface area contributed by atoms with Crippen LogP contribution in [0.4, 0.5) is 0 Å². The molecule has 0 aromatic heterocycles. The summed E-state index contributed by atoms with van der Waals surface area (Å²) < 4.78 is 4.78. The first-order chi connectivity index (χ1) is 7.48. The van der Waals surface area contributed by atoms with Crippen LogP contribution in [0.5, 0.6) is 5.75 Å². The lowest BCUT2D eigenvalue weighted by Gasteiger charge is -2.24. The number of nitrogens with one attached hydrogen (secondary N) is 1. The number of thiol groups is 1. The molecule has 0 fully saturated rings. The van der Waals surface area contributed by atoms with Crippen LogP contribution >= 0.6 is 12.9 Å². The third kappa shape index (κ3) is 3.45. The van der Waals surface area contributed by atoms with Gasteiger partial charge in [0.1, 0.15) is 5.75 Å². The number of amides is 1. The molecule has 1 aromatic rings. The van der Waals surface area contributed by atoms with E-state index < -0.39 is 0 Å². The van der Waals surface area contributed by atoms with Crippen LogP contribution in [-0.4, -0.2) is 11.4 Å². The molecule has 0 spiro atoms. The summed E-state index contributed by atoms with van der Waals surface area (Å²) in [5, 5.41) is 2.95. The molecule has 0 aliphatic carbocycles. The van der Waals surface area contributed by atoms with Crippen LogP contribution < -0.4 is 9.50 Å². The minimum Gasteiger partial charge on any atom is -0.429 e. The van der Waals surface area contributed by atoms with E-state index in [4.69, 9.17) is 4.18 Å². The standard InChI is InChI=1S/C12H17NO2S/c1-4-12(2,3)13-11(14)9-6-5-7-10(8-9)15-16/h5-8,16H,4H2,1-3H3,(H,13,14). The van der Waals surface area contributed by atoms with Crippen molar-refractivity contribution in [1.29, 1.82) is 0 Å². The average Bonchev–Trinajstić information content (AvgIpc) is 2.28. The van der Waals surface area contributed by atoms with E-state index in [-0.39, 0.29) is 11.4 Å². The molecule has 0 bridgehead atoms. The highest BCUT2D eigenvalue weighted by atomic mass is 32.1. The third-order valence-corrected chi connectivity index (χ3v) is 2.75. The zero-order valence-corrected chi connectivity index (χ0v) is 10.7. The van der Waals surface area contributed by atoms with E-state index in [0.717, 1.165) is 6.42 Å². The van der Waals surface area contributed by atoms with Crippen molar-refractivity contribution in [1.82, 2.24) is 5.32 Å². The second-order valence-electron chi connectivity index (χ2n) is 4.31. The number of carbonyl (C=O) groups is 1. The molecule has 0 aliphatic heterocycles. The Morgan fingerprint density at radius 3 is 2.75 bits per heavy atom. The van der Waals surface area contributed by atoms with Crippen molar-refractivity contribution in [3.05, 3.63) is 29.8 Å². The lowest BCUT2D eigenvalue weighted by Crippen LogP contribution is -2.42. The Labute approximate surface area is 102 Å². The first-order valence-electron chi connectivity index (χ1n) is 5.22. The van der Waals surface area contributed by atoms with Gasteiger partial charge >= 0.3 is 0 Å². The Kier molecular flexibility index (Phi) is 4.24. The molecule has 0 heterocycles. The van der Waals surface area contributed by atoms with Gasteiger partial charge in [0.2, 0.25) is 0 Å². The maximum Gasteiger partial charge on any atom is 0.251 e. The fraction of sp³-hybridized carbons (Fsp3) is 0.417. The molecule has 0 atom stereocenters. The normalized spacial score (nSPS) is 11.0. The summed E-state index contributed by atoms with van der Waals surface area (Å²) in [4.78, 5) is 11.9. The van der Waals surface area contributed by atoms with E-state index in [0.29, 0.717) is 11.3 Å². The Bertz CT molecular complexity index is 377. The van der Waals surface area contributed by atoms with E-state index in [1.54, 1.807) is 24.3 Å². The molecule has 0 saturated heterocycles. The quantitative estimate of drug-likeness (QED) is 0.626. The van der Waals surface area contributed by atoms with Crippen molar-refractivity contribution >= 4 is 18.8 Å². The Hall–Kier alpha value is -1.16. The zero-order chi connectivity index (χ0) is 12.2. The van der Waals surface area contributed by atoms with E-state index in [9.17, 15) is 4.79 Å². The van der Waals surface area contributed by atoms with Crippen LogP contribution in [0.15, 0.2) is 24.3 Å². The molecule has 4 heteroatoms. The van der Waals surface area contributed by atoms with Gasteiger partial charge in [-0.1, -0.05) is 13.0 Å². The molecule has 3 nitrogen and oxygen atoms in total. The third-order valence-electron chi connectivity index (χ3n) is 2.54. The molecule has 1 N–H and O–H groups in total. The van der Waals surface area contributed by atoms with Crippen LogP contribution in [0.25, 0.3) is 0 Å². The van der Waals surface area contributed by atoms with Gasteiger partial charge in [-0.25, -0.2) is 0 Å². The first kappa shape index (κ1) is 12.9. The number of benzene rings is 1. The second-order valence-corrected chi connectivity index (χ2v) is 4.49. The topological polar surface area (TPSA) is 38.3 Å². The van der Waals surface area contributed by atoms with Crippen LogP contribution in [-0.2, 0) is 0 Å². The SMILES string of the molecule is CCC(C)(C)NC(=O)c1cccc(OS)c1. The number of hydrogen-bond acceptors (Lipinski definition) is 3. The average molecular weight is 239 g/mol. The van der Waals surface area contributed by atoms with Crippen molar-refractivity contribution in [3.8, 4) is 5.75 Å². The maximum absolute atomic E-state index is 11.9. The smallest absolute Gasteiger partial charge is 0.251 e.